The molecular formula is C30H34ClN5O. The molecule has 1 N–H and O–H groups in total. The lowest BCUT2D eigenvalue weighted by Crippen LogP contribution is -2.39. The number of pyridine rings is 1. The molecule has 1 fully saturated rings. The summed E-state index contributed by atoms with van der Waals surface area (Å²) in [5, 5.41) is 5.42. The fraction of sp³-hybridized carbons (Fsp3) is 0.367. The van der Waals surface area contributed by atoms with Crippen LogP contribution < -0.4 is 10.1 Å². The Bertz CT molecular complexity index is 1350. The molecule has 0 bridgehead atoms. The number of aryl methyl sites for hydroxylation is 1. The molecule has 37 heavy (non-hydrogen) atoms. The van der Waals surface area contributed by atoms with Crippen LogP contribution in [0.2, 0.25) is 5.02 Å². The molecule has 6 nitrogen and oxygen atoms in total. The van der Waals surface area contributed by atoms with Crippen molar-refractivity contribution in [2.45, 2.75) is 46.2 Å². The van der Waals surface area contributed by atoms with E-state index in [1.807, 2.05) is 25.1 Å². The summed E-state index contributed by atoms with van der Waals surface area (Å²) in [6.07, 6.45) is 3.90. The van der Waals surface area contributed by atoms with Crippen molar-refractivity contribution in [3.63, 3.8) is 0 Å². The first-order valence-electron chi connectivity index (χ1n) is 13.0. The molecule has 0 saturated carbocycles. The number of rotatable bonds is 8. The minimum absolute atomic E-state index is 0.369. The van der Waals surface area contributed by atoms with E-state index in [4.69, 9.17) is 26.3 Å². The van der Waals surface area contributed by atoms with Crippen LogP contribution in [0.25, 0.3) is 22.0 Å². The second-order valence-corrected chi connectivity index (χ2v) is 10.7. The van der Waals surface area contributed by atoms with Crippen molar-refractivity contribution in [1.82, 2.24) is 19.9 Å². The Morgan fingerprint density at radius 3 is 2.59 bits per heavy atom. The van der Waals surface area contributed by atoms with Crippen LogP contribution in [0, 0.1) is 12.8 Å². The van der Waals surface area contributed by atoms with Crippen molar-refractivity contribution in [3.8, 4) is 17.0 Å². The largest absolute Gasteiger partial charge is 0.477 e. The molecule has 1 aliphatic rings. The fourth-order valence-electron chi connectivity index (χ4n) is 4.75. The Balaban J connectivity index is 1.26. The van der Waals surface area contributed by atoms with E-state index in [2.05, 4.69) is 65.4 Å². The number of nitrogens with zero attached hydrogens (tertiary/aromatic N) is 4. The Kier molecular flexibility index (Phi) is 7.87. The number of ether oxygens (including phenoxy) is 1. The number of piperidine rings is 1. The first kappa shape index (κ1) is 25.4. The van der Waals surface area contributed by atoms with Gasteiger partial charge in [-0.05, 0) is 73.2 Å². The summed E-state index contributed by atoms with van der Waals surface area (Å²) in [6, 6.07) is 18.8. The molecular weight excluding hydrogens is 482 g/mol. The van der Waals surface area contributed by atoms with E-state index in [0.29, 0.717) is 30.4 Å². The first-order valence-corrected chi connectivity index (χ1v) is 13.4. The van der Waals surface area contributed by atoms with E-state index in [1.165, 1.54) is 5.56 Å². The molecule has 7 heteroatoms. The van der Waals surface area contributed by atoms with Gasteiger partial charge in [-0.2, -0.15) is 0 Å². The molecule has 0 amide bonds. The summed E-state index contributed by atoms with van der Waals surface area (Å²) >= 11 is 6.02. The Morgan fingerprint density at radius 1 is 1.05 bits per heavy atom. The quantitative estimate of drug-likeness (QED) is 0.279. The minimum Gasteiger partial charge on any atom is -0.477 e. The summed E-state index contributed by atoms with van der Waals surface area (Å²) in [5.41, 5.74) is 5.24. The highest BCUT2D eigenvalue weighted by Gasteiger charge is 2.20. The van der Waals surface area contributed by atoms with Gasteiger partial charge in [-0.15, -0.1) is 0 Å². The van der Waals surface area contributed by atoms with Crippen LogP contribution in [0.15, 0.2) is 60.8 Å². The van der Waals surface area contributed by atoms with Gasteiger partial charge in [0.15, 0.2) is 0 Å². The predicted molar refractivity (Wildman–Crippen MR) is 151 cm³/mol. The van der Waals surface area contributed by atoms with Gasteiger partial charge >= 0.3 is 0 Å². The maximum Gasteiger partial charge on any atom is 0.223 e. The number of hydrogen-bond donors (Lipinski definition) is 1. The molecule has 0 unspecified atom stereocenters. The zero-order valence-corrected chi connectivity index (χ0v) is 22.5. The third-order valence-electron chi connectivity index (χ3n) is 6.76. The lowest BCUT2D eigenvalue weighted by atomic mass is 10.0. The maximum absolute atomic E-state index is 6.02. The molecule has 1 aliphatic heterocycles. The minimum atomic E-state index is 0.369. The van der Waals surface area contributed by atoms with Gasteiger partial charge < -0.3 is 10.1 Å². The first-order chi connectivity index (χ1) is 17.9. The number of aromatic nitrogens is 3. The topological polar surface area (TPSA) is 63.2 Å². The molecule has 2 aromatic carbocycles. The van der Waals surface area contributed by atoms with E-state index in [0.717, 1.165) is 65.2 Å². The summed E-state index contributed by atoms with van der Waals surface area (Å²) in [5.74, 6) is 1.80. The average Bonchev–Trinajstić information content (AvgIpc) is 2.90. The van der Waals surface area contributed by atoms with Crippen molar-refractivity contribution in [2.24, 2.45) is 5.92 Å². The Hall–Kier alpha value is -3.22. The molecule has 0 aliphatic carbocycles. The highest BCUT2D eigenvalue weighted by Crippen LogP contribution is 2.31. The van der Waals surface area contributed by atoms with E-state index in [-0.39, 0.29) is 0 Å². The van der Waals surface area contributed by atoms with Crippen LogP contribution in [0.5, 0.6) is 5.88 Å². The van der Waals surface area contributed by atoms with Gasteiger partial charge in [0, 0.05) is 47.8 Å². The van der Waals surface area contributed by atoms with Gasteiger partial charge in [-0.25, -0.2) is 15.0 Å². The van der Waals surface area contributed by atoms with Crippen LogP contribution in [-0.4, -0.2) is 45.6 Å². The highest BCUT2D eigenvalue weighted by molar-refractivity contribution is 6.30. The number of anilines is 1. The van der Waals surface area contributed by atoms with Gasteiger partial charge in [0.05, 0.1) is 17.8 Å². The lowest BCUT2D eigenvalue weighted by Gasteiger charge is -2.32. The molecule has 1 saturated heterocycles. The van der Waals surface area contributed by atoms with Crippen molar-refractivity contribution in [2.75, 3.05) is 25.0 Å². The zero-order chi connectivity index (χ0) is 25.8. The van der Waals surface area contributed by atoms with E-state index >= 15 is 0 Å². The molecule has 3 heterocycles. The average molecular weight is 516 g/mol. The summed E-state index contributed by atoms with van der Waals surface area (Å²) in [6.45, 7) is 10.00. The number of halogens is 1. The highest BCUT2D eigenvalue weighted by atomic mass is 35.5. The summed E-state index contributed by atoms with van der Waals surface area (Å²) in [4.78, 5) is 16.6. The van der Waals surface area contributed by atoms with Crippen LogP contribution in [0.1, 0.15) is 37.9 Å². The molecule has 0 radical (unpaired) electrons. The molecule has 5 rings (SSSR count). The van der Waals surface area contributed by atoms with Crippen LogP contribution in [0.3, 0.4) is 0 Å². The van der Waals surface area contributed by atoms with Crippen LogP contribution >= 0.6 is 11.6 Å². The maximum atomic E-state index is 6.02. The monoisotopic (exact) mass is 515 g/mol. The molecule has 0 atom stereocenters. The number of fused-ring (bicyclic) bond motifs is 1. The Labute approximate surface area is 224 Å². The lowest BCUT2D eigenvalue weighted by molar-refractivity contribution is 0.211. The van der Waals surface area contributed by atoms with Gasteiger partial charge in [0.1, 0.15) is 0 Å². The molecule has 0 spiro atoms. The van der Waals surface area contributed by atoms with Crippen molar-refractivity contribution < 1.29 is 4.74 Å². The smallest absolute Gasteiger partial charge is 0.223 e. The number of nitrogens with one attached hydrogen (secondary N) is 1. The van der Waals surface area contributed by atoms with Gasteiger partial charge in [-0.3, -0.25) is 4.90 Å². The van der Waals surface area contributed by atoms with Gasteiger partial charge in [0.2, 0.25) is 11.8 Å². The summed E-state index contributed by atoms with van der Waals surface area (Å²) < 4.78 is 5.98. The predicted octanol–water partition coefficient (Wildman–Crippen LogP) is 6.76. The number of benzene rings is 2. The van der Waals surface area contributed by atoms with Crippen LogP contribution in [0.4, 0.5) is 5.95 Å². The van der Waals surface area contributed by atoms with E-state index < -0.39 is 0 Å². The van der Waals surface area contributed by atoms with Crippen molar-refractivity contribution in [1.29, 1.82) is 0 Å². The molecule has 4 aromatic rings. The SMILES string of the molecule is Cc1nc(NC2CCN(Cc3ccc(Cl)cc3)CC2)nc2ccc(-c3cccnc3OCC(C)C)cc12. The third kappa shape index (κ3) is 6.38. The van der Waals surface area contributed by atoms with Gasteiger partial charge in [0.25, 0.3) is 0 Å². The third-order valence-corrected chi connectivity index (χ3v) is 7.01. The normalized spacial score (nSPS) is 14.8. The van der Waals surface area contributed by atoms with Crippen molar-refractivity contribution >= 4 is 28.5 Å². The van der Waals surface area contributed by atoms with E-state index in [9.17, 15) is 0 Å². The fourth-order valence-corrected chi connectivity index (χ4v) is 4.88. The Morgan fingerprint density at radius 2 is 1.84 bits per heavy atom. The zero-order valence-electron chi connectivity index (χ0n) is 21.7. The molecule has 192 valence electrons. The second-order valence-electron chi connectivity index (χ2n) is 10.2. The van der Waals surface area contributed by atoms with E-state index in [1.54, 1.807) is 6.20 Å². The number of hydrogen-bond acceptors (Lipinski definition) is 6. The number of likely N-dealkylation sites (tertiary alicyclic amines) is 1. The van der Waals surface area contributed by atoms with Crippen molar-refractivity contribution in [3.05, 3.63) is 77.1 Å². The standard InChI is InChI=1S/C30H34ClN5O/c1-20(2)19-37-29-26(5-4-14-32-29)23-8-11-28-27(17-23)21(3)33-30(35-28)34-25-12-15-36(16-13-25)18-22-6-9-24(31)10-7-22/h4-11,14,17,20,25H,12-13,15-16,18-19H2,1-3H3,(H,33,34,35). The van der Waals surface area contributed by atoms with Crippen LogP contribution in [-0.2, 0) is 6.54 Å². The van der Waals surface area contributed by atoms with Gasteiger partial charge in [-0.1, -0.05) is 43.6 Å². The molecule has 2 aromatic heterocycles. The summed E-state index contributed by atoms with van der Waals surface area (Å²) in [7, 11) is 0. The second kappa shape index (κ2) is 11.4.